The molecule has 4 heteroatoms. The van der Waals surface area contributed by atoms with Gasteiger partial charge in [-0.1, -0.05) is 6.07 Å². The molecule has 2 aliphatic rings. The van der Waals surface area contributed by atoms with Gasteiger partial charge in [0.2, 0.25) is 0 Å². The van der Waals surface area contributed by atoms with Crippen molar-refractivity contribution in [1.29, 1.82) is 0 Å². The van der Waals surface area contributed by atoms with Crippen LogP contribution in [-0.4, -0.2) is 25.8 Å². The number of rotatable bonds is 2. The fraction of sp³-hybridized carbons (Fsp3) is 0.200. The molecule has 24 heavy (non-hydrogen) atoms. The van der Waals surface area contributed by atoms with E-state index in [1.807, 2.05) is 18.2 Å². The lowest BCUT2D eigenvalue weighted by atomic mass is 9.78. The number of hydrogen-bond acceptors (Lipinski definition) is 4. The van der Waals surface area contributed by atoms with E-state index in [0.29, 0.717) is 16.9 Å². The molecule has 0 radical (unpaired) electrons. The molecule has 0 bridgehead atoms. The second-order valence-corrected chi connectivity index (χ2v) is 5.91. The summed E-state index contributed by atoms with van der Waals surface area (Å²) in [5.74, 6) is 1.19. The molecule has 2 aromatic rings. The summed E-state index contributed by atoms with van der Waals surface area (Å²) in [6.07, 6.45) is 4.29. The van der Waals surface area contributed by atoms with Crippen LogP contribution in [-0.2, 0) is 12.8 Å². The van der Waals surface area contributed by atoms with E-state index in [9.17, 15) is 9.59 Å². The van der Waals surface area contributed by atoms with Crippen LogP contribution in [0.4, 0.5) is 0 Å². The van der Waals surface area contributed by atoms with Gasteiger partial charge in [-0.3, -0.25) is 9.59 Å². The second kappa shape index (κ2) is 5.34. The molecule has 0 spiro atoms. The maximum atomic E-state index is 12.6. The molecule has 0 amide bonds. The number of fused-ring (bicyclic) bond motifs is 5. The van der Waals surface area contributed by atoms with Crippen LogP contribution in [0.25, 0.3) is 11.1 Å². The molecule has 120 valence electrons. The van der Waals surface area contributed by atoms with Crippen LogP contribution in [0.1, 0.15) is 31.8 Å². The Morgan fingerprint density at radius 2 is 1.46 bits per heavy atom. The lowest BCUT2D eigenvalue weighted by Crippen LogP contribution is -2.17. The first-order valence-corrected chi connectivity index (χ1v) is 7.82. The minimum atomic E-state index is -0.140. The standard InChI is InChI=1S/C20H16O4/c1-23-16-9-10-17(24-2)20-13(16)6-4-11-3-5-12-14(21)7-8-15(22)19(12)18(11)20/h3,5,7-10H,4,6H2,1-2H3. The molecular formula is C20H16O4. The molecule has 0 atom stereocenters. The first kappa shape index (κ1) is 14.7. The smallest absolute Gasteiger partial charge is 0.187 e. The third kappa shape index (κ3) is 1.92. The quantitative estimate of drug-likeness (QED) is 0.851. The number of allylic oxidation sites excluding steroid dienone is 2. The van der Waals surface area contributed by atoms with Gasteiger partial charge in [0.25, 0.3) is 0 Å². The van der Waals surface area contributed by atoms with Crippen LogP contribution in [0, 0.1) is 0 Å². The highest BCUT2D eigenvalue weighted by molar-refractivity contribution is 6.25. The Labute approximate surface area is 139 Å². The van der Waals surface area contributed by atoms with Crippen LogP contribution < -0.4 is 9.47 Å². The molecule has 0 unspecified atom stereocenters. The van der Waals surface area contributed by atoms with Crippen LogP contribution >= 0.6 is 0 Å². The normalized spacial score (nSPS) is 14.8. The summed E-state index contributed by atoms with van der Waals surface area (Å²) in [5.41, 5.74) is 4.70. The van der Waals surface area contributed by atoms with Gasteiger partial charge >= 0.3 is 0 Å². The van der Waals surface area contributed by atoms with Gasteiger partial charge in [-0.2, -0.15) is 0 Å². The van der Waals surface area contributed by atoms with Crippen molar-refractivity contribution in [3.63, 3.8) is 0 Å². The monoisotopic (exact) mass is 320 g/mol. The van der Waals surface area contributed by atoms with E-state index >= 15 is 0 Å². The van der Waals surface area contributed by atoms with Crippen molar-refractivity contribution in [2.24, 2.45) is 0 Å². The predicted molar refractivity (Wildman–Crippen MR) is 90.2 cm³/mol. The number of benzene rings is 2. The average Bonchev–Trinajstić information content (AvgIpc) is 2.62. The third-order valence-electron chi connectivity index (χ3n) is 4.76. The van der Waals surface area contributed by atoms with Gasteiger partial charge in [-0.25, -0.2) is 0 Å². The van der Waals surface area contributed by atoms with Crippen molar-refractivity contribution in [3.8, 4) is 22.6 Å². The Morgan fingerprint density at radius 3 is 2.21 bits per heavy atom. The molecule has 4 rings (SSSR count). The van der Waals surface area contributed by atoms with E-state index in [1.165, 1.54) is 12.2 Å². The lowest BCUT2D eigenvalue weighted by molar-refractivity contribution is 0.0994. The Morgan fingerprint density at radius 1 is 0.750 bits per heavy atom. The molecule has 2 aromatic carbocycles. The van der Waals surface area contributed by atoms with E-state index < -0.39 is 0 Å². The van der Waals surface area contributed by atoms with Crippen molar-refractivity contribution in [2.45, 2.75) is 12.8 Å². The van der Waals surface area contributed by atoms with Crippen LogP contribution in [0.3, 0.4) is 0 Å². The maximum Gasteiger partial charge on any atom is 0.187 e. The van der Waals surface area contributed by atoms with Crippen molar-refractivity contribution in [3.05, 3.63) is 58.7 Å². The molecular weight excluding hydrogens is 304 g/mol. The molecule has 0 aliphatic heterocycles. The number of methoxy groups -OCH3 is 2. The molecule has 4 nitrogen and oxygen atoms in total. The number of hydrogen-bond donors (Lipinski definition) is 0. The van der Waals surface area contributed by atoms with E-state index in [-0.39, 0.29) is 11.6 Å². The molecule has 0 aromatic heterocycles. The van der Waals surface area contributed by atoms with Crippen molar-refractivity contribution in [1.82, 2.24) is 0 Å². The SMILES string of the molecule is COc1ccc(OC)c2c1CCc1ccc3c(c1-2)C(=O)C=CC3=O. The molecule has 0 heterocycles. The zero-order valence-corrected chi connectivity index (χ0v) is 13.5. The summed E-state index contributed by atoms with van der Waals surface area (Å²) in [7, 11) is 3.24. The van der Waals surface area contributed by atoms with Crippen LogP contribution in [0.2, 0.25) is 0 Å². The van der Waals surface area contributed by atoms with Gasteiger partial charge in [0.05, 0.1) is 14.2 Å². The van der Waals surface area contributed by atoms with Gasteiger partial charge in [-0.15, -0.1) is 0 Å². The Kier molecular flexibility index (Phi) is 3.27. The van der Waals surface area contributed by atoms with E-state index in [1.54, 1.807) is 20.3 Å². The largest absolute Gasteiger partial charge is 0.496 e. The third-order valence-corrected chi connectivity index (χ3v) is 4.76. The lowest BCUT2D eigenvalue weighted by Gasteiger charge is -2.27. The molecule has 0 saturated carbocycles. The molecule has 0 saturated heterocycles. The minimum Gasteiger partial charge on any atom is -0.496 e. The zero-order valence-electron chi connectivity index (χ0n) is 13.5. The van der Waals surface area contributed by atoms with Gasteiger partial charge in [0, 0.05) is 27.8 Å². The fourth-order valence-electron chi connectivity index (χ4n) is 3.68. The Hall–Kier alpha value is -2.88. The summed E-state index contributed by atoms with van der Waals surface area (Å²) < 4.78 is 11.1. The summed E-state index contributed by atoms with van der Waals surface area (Å²) in [6, 6.07) is 7.43. The number of carbonyl (C=O) groups excluding carboxylic acids is 2. The maximum absolute atomic E-state index is 12.6. The van der Waals surface area contributed by atoms with Gasteiger partial charge in [0.1, 0.15) is 11.5 Å². The topological polar surface area (TPSA) is 52.6 Å². The molecule has 0 fully saturated rings. The summed E-state index contributed by atoms with van der Waals surface area (Å²) in [6.45, 7) is 0. The van der Waals surface area contributed by atoms with Crippen molar-refractivity contribution < 1.29 is 19.1 Å². The summed E-state index contributed by atoms with van der Waals surface area (Å²) in [4.78, 5) is 24.8. The fourth-order valence-corrected chi connectivity index (χ4v) is 3.68. The van der Waals surface area contributed by atoms with Crippen LogP contribution in [0.15, 0.2) is 36.4 Å². The zero-order chi connectivity index (χ0) is 16.8. The Bertz CT molecular complexity index is 922. The highest BCUT2D eigenvalue weighted by Crippen LogP contribution is 2.46. The summed E-state index contributed by atoms with van der Waals surface area (Å²) >= 11 is 0. The second-order valence-electron chi connectivity index (χ2n) is 5.91. The Balaban J connectivity index is 2.11. The van der Waals surface area contributed by atoms with Gasteiger partial charge < -0.3 is 9.47 Å². The van der Waals surface area contributed by atoms with E-state index in [4.69, 9.17) is 9.47 Å². The van der Waals surface area contributed by atoms with Crippen molar-refractivity contribution in [2.75, 3.05) is 14.2 Å². The highest BCUT2D eigenvalue weighted by atomic mass is 16.5. The minimum absolute atomic E-state index is 0.138. The van der Waals surface area contributed by atoms with Gasteiger partial charge in [0.15, 0.2) is 11.6 Å². The molecule has 2 aliphatic carbocycles. The van der Waals surface area contributed by atoms with E-state index in [2.05, 4.69) is 0 Å². The summed E-state index contributed by atoms with van der Waals surface area (Å²) in [5, 5.41) is 0. The average molecular weight is 320 g/mol. The molecule has 0 N–H and O–H groups in total. The number of carbonyl (C=O) groups is 2. The highest BCUT2D eigenvalue weighted by Gasteiger charge is 2.31. The first-order chi connectivity index (χ1) is 11.7. The van der Waals surface area contributed by atoms with Crippen molar-refractivity contribution >= 4 is 11.6 Å². The van der Waals surface area contributed by atoms with E-state index in [0.717, 1.165) is 40.8 Å². The predicted octanol–water partition coefficient (Wildman–Crippen LogP) is 3.40. The number of aryl methyl sites for hydroxylation is 1. The first-order valence-electron chi connectivity index (χ1n) is 7.82. The number of ketones is 2. The van der Waals surface area contributed by atoms with Crippen LogP contribution in [0.5, 0.6) is 11.5 Å². The van der Waals surface area contributed by atoms with Gasteiger partial charge in [-0.05, 0) is 48.8 Å². The number of ether oxygens (including phenoxy) is 2.